The zero-order chi connectivity index (χ0) is 23.3. The number of ketones is 1. The molecule has 0 fully saturated rings. The molecule has 1 aliphatic heterocycles. The van der Waals surface area contributed by atoms with Crippen LogP contribution in [0.5, 0.6) is 0 Å². The number of fused-ring (bicyclic) bond motifs is 2. The molecule has 0 saturated carbocycles. The van der Waals surface area contributed by atoms with Crippen molar-refractivity contribution in [3.63, 3.8) is 0 Å². The minimum atomic E-state index is -0.355. The molecule has 0 N–H and O–H groups in total. The number of aromatic nitrogens is 1. The maximum atomic E-state index is 13.9. The quantitative estimate of drug-likeness (QED) is 0.590. The van der Waals surface area contributed by atoms with E-state index in [4.69, 9.17) is 0 Å². The summed E-state index contributed by atoms with van der Waals surface area (Å²) in [6.07, 6.45) is 3.33. The molecule has 33 heavy (non-hydrogen) atoms. The first-order valence-electron chi connectivity index (χ1n) is 11.5. The number of carbonyl (C=O) groups excluding carboxylic acids is 2. The molecule has 2 aliphatic rings. The van der Waals surface area contributed by atoms with Gasteiger partial charge in [-0.3, -0.25) is 19.0 Å². The van der Waals surface area contributed by atoms with Crippen molar-refractivity contribution in [2.45, 2.75) is 46.6 Å². The van der Waals surface area contributed by atoms with Gasteiger partial charge in [-0.1, -0.05) is 55.8 Å². The molecule has 2 aromatic carbocycles. The molecule has 0 bridgehead atoms. The maximum Gasteiger partial charge on any atom is 0.268 e. The van der Waals surface area contributed by atoms with E-state index in [1.54, 1.807) is 11.1 Å². The molecule has 5 nitrogen and oxygen atoms in total. The van der Waals surface area contributed by atoms with Crippen molar-refractivity contribution in [2.24, 2.45) is 5.41 Å². The van der Waals surface area contributed by atoms with E-state index in [1.165, 1.54) is 10.1 Å². The van der Waals surface area contributed by atoms with Gasteiger partial charge in [-0.15, -0.1) is 0 Å². The molecular weight excluding hydrogens is 412 g/mol. The van der Waals surface area contributed by atoms with Gasteiger partial charge in [0.15, 0.2) is 5.78 Å². The number of rotatable bonds is 2. The van der Waals surface area contributed by atoms with E-state index >= 15 is 0 Å². The van der Waals surface area contributed by atoms with Gasteiger partial charge in [0, 0.05) is 37.0 Å². The van der Waals surface area contributed by atoms with Gasteiger partial charge in [0.2, 0.25) is 0 Å². The molecule has 0 saturated heterocycles. The zero-order valence-electron chi connectivity index (χ0n) is 19.4. The fraction of sp³-hybridized carbons (Fsp3) is 0.321. The Morgan fingerprint density at radius 1 is 0.939 bits per heavy atom. The highest BCUT2D eigenvalue weighted by molar-refractivity contribution is 6.04. The van der Waals surface area contributed by atoms with Crippen LogP contribution in [0.3, 0.4) is 0 Å². The van der Waals surface area contributed by atoms with Gasteiger partial charge in [-0.25, -0.2) is 0 Å². The third-order valence-electron chi connectivity index (χ3n) is 6.86. The fourth-order valence-corrected chi connectivity index (χ4v) is 5.09. The lowest BCUT2D eigenvalue weighted by Gasteiger charge is -2.34. The smallest absolute Gasteiger partial charge is 0.268 e. The van der Waals surface area contributed by atoms with E-state index < -0.39 is 0 Å². The summed E-state index contributed by atoms with van der Waals surface area (Å²) in [5, 5.41) is 0. The number of hydrogen-bond acceptors (Lipinski definition) is 3. The maximum absolute atomic E-state index is 13.9. The number of amides is 1. The van der Waals surface area contributed by atoms with Crippen molar-refractivity contribution in [1.29, 1.82) is 0 Å². The predicted molar refractivity (Wildman–Crippen MR) is 128 cm³/mol. The van der Waals surface area contributed by atoms with Gasteiger partial charge >= 0.3 is 0 Å². The lowest BCUT2D eigenvalue weighted by molar-refractivity contribution is 0.0730. The van der Waals surface area contributed by atoms with Crippen LogP contribution in [-0.2, 0) is 19.4 Å². The zero-order valence-corrected chi connectivity index (χ0v) is 19.4. The third kappa shape index (κ3) is 3.82. The summed E-state index contributed by atoms with van der Waals surface area (Å²) in [5.41, 5.74) is 4.68. The number of Topliss-reactive ketones (excluding diaryl/α,β-unsaturated/α-hetero) is 1. The lowest BCUT2D eigenvalue weighted by atomic mass is 9.73. The molecule has 0 spiro atoms. The normalized spacial score (nSPS) is 16.8. The highest BCUT2D eigenvalue weighted by Crippen LogP contribution is 2.36. The van der Waals surface area contributed by atoms with Crippen LogP contribution < -0.4 is 5.56 Å². The van der Waals surface area contributed by atoms with Crippen LogP contribution in [0, 0.1) is 12.3 Å². The van der Waals surface area contributed by atoms with Gasteiger partial charge in [0.1, 0.15) is 5.56 Å². The molecule has 168 valence electrons. The van der Waals surface area contributed by atoms with Crippen LogP contribution >= 0.6 is 0 Å². The second-order valence-electron chi connectivity index (χ2n) is 10.1. The van der Waals surface area contributed by atoms with Crippen LogP contribution in [0.2, 0.25) is 0 Å². The van der Waals surface area contributed by atoms with Crippen LogP contribution in [0.25, 0.3) is 5.69 Å². The van der Waals surface area contributed by atoms with E-state index in [0.717, 1.165) is 17.5 Å². The molecular formula is C28H28N2O3. The molecule has 0 unspecified atom stereocenters. The van der Waals surface area contributed by atoms with Gasteiger partial charge < -0.3 is 4.90 Å². The van der Waals surface area contributed by atoms with Crippen LogP contribution in [0.1, 0.15) is 63.2 Å². The number of aryl methyl sites for hydroxylation is 1. The molecule has 1 aromatic heterocycles. The molecule has 3 aromatic rings. The molecule has 1 amide bonds. The molecule has 0 atom stereocenters. The van der Waals surface area contributed by atoms with Crippen molar-refractivity contribution in [1.82, 2.24) is 9.47 Å². The van der Waals surface area contributed by atoms with Gasteiger partial charge in [-0.2, -0.15) is 0 Å². The summed E-state index contributed by atoms with van der Waals surface area (Å²) in [5.74, 6) is -0.294. The van der Waals surface area contributed by atoms with Crippen molar-refractivity contribution < 1.29 is 9.59 Å². The fourth-order valence-electron chi connectivity index (χ4n) is 5.09. The minimum absolute atomic E-state index is 0.0137. The topological polar surface area (TPSA) is 59.4 Å². The van der Waals surface area contributed by atoms with Crippen molar-refractivity contribution in [3.05, 3.63) is 98.5 Å². The monoisotopic (exact) mass is 440 g/mol. The third-order valence-corrected chi connectivity index (χ3v) is 6.86. The molecule has 5 rings (SSSR count). The van der Waals surface area contributed by atoms with Gasteiger partial charge in [0.25, 0.3) is 11.5 Å². The second kappa shape index (κ2) is 7.84. The molecule has 0 radical (unpaired) electrons. The lowest BCUT2D eigenvalue weighted by Crippen LogP contribution is -2.42. The predicted octanol–water partition coefficient (Wildman–Crippen LogP) is 4.50. The number of hydrogen-bond donors (Lipinski definition) is 0. The summed E-state index contributed by atoms with van der Waals surface area (Å²) in [6.45, 7) is 7.05. The Hall–Kier alpha value is -3.47. The van der Waals surface area contributed by atoms with E-state index in [0.29, 0.717) is 42.7 Å². The second-order valence-corrected chi connectivity index (χ2v) is 10.1. The highest BCUT2D eigenvalue weighted by atomic mass is 16.2. The Labute approximate surface area is 193 Å². The Kier molecular flexibility index (Phi) is 5.08. The number of pyridine rings is 1. The first-order valence-corrected chi connectivity index (χ1v) is 11.5. The number of carbonyl (C=O) groups is 2. The Balaban J connectivity index is 1.67. The van der Waals surface area contributed by atoms with Crippen molar-refractivity contribution in [3.8, 4) is 5.69 Å². The first-order chi connectivity index (χ1) is 15.7. The summed E-state index contributed by atoms with van der Waals surface area (Å²) in [7, 11) is 0. The minimum Gasteiger partial charge on any atom is -0.334 e. The summed E-state index contributed by atoms with van der Waals surface area (Å²) in [6, 6.07) is 15.7. The van der Waals surface area contributed by atoms with E-state index in [-0.39, 0.29) is 28.2 Å². The van der Waals surface area contributed by atoms with Gasteiger partial charge in [-0.05, 0) is 54.0 Å². The van der Waals surface area contributed by atoms with E-state index in [1.807, 2.05) is 63.2 Å². The average molecular weight is 441 g/mol. The highest BCUT2D eigenvalue weighted by Gasteiger charge is 2.37. The average Bonchev–Trinajstić information content (AvgIpc) is 2.78. The number of benzene rings is 2. The Bertz CT molecular complexity index is 1330. The van der Waals surface area contributed by atoms with E-state index in [9.17, 15) is 14.4 Å². The van der Waals surface area contributed by atoms with E-state index in [2.05, 4.69) is 6.07 Å². The summed E-state index contributed by atoms with van der Waals surface area (Å²) in [4.78, 5) is 42.5. The molecule has 1 aliphatic carbocycles. The van der Waals surface area contributed by atoms with Crippen LogP contribution in [-0.4, -0.2) is 27.7 Å². The van der Waals surface area contributed by atoms with Crippen LogP contribution in [0.4, 0.5) is 0 Å². The molecule has 2 heterocycles. The summed E-state index contributed by atoms with van der Waals surface area (Å²) < 4.78 is 1.47. The first kappa shape index (κ1) is 21.4. The standard InChI is InChI=1S/C28H28N2O3/c1-18-8-10-21(11-9-18)30-17-23-22(14-28(2,3)15-24(23)31)25(27(30)33)26(32)29-13-12-19-6-4-5-7-20(19)16-29/h4-11,17H,12-16H2,1-3H3. The molecule has 5 heteroatoms. The number of nitrogens with zero attached hydrogens (tertiary/aromatic N) is 2. The SMILES string of the molecule is Cc1ccc(-n2cc3c(c(C(=O)N4CCc5ccccc5C4)c2=O)CC(C)(C)CC3=O)cc1. The van der Waals surface area contributed by atoms with Crippen molar-refractivity contribution in [2.75, 3.05) is 6.54 Å². The van der Waals surface area contributed by atoms with Gasteiger partial charge in [0.05, 0.1) is 0 Å². The van der Waals surface area contributed by atoms with Crippen LogP contribution in [0.15, 0.2) is 59.5 Å². The largest absolute Gasteiger partial charge is 0.334 e. The summed E-state index contributed by atoms with van der Waals surface area (Å²) >= 11 is 0. The Morgan fingerprint density at radius 2 is 1.64 bits per heavy atom. The van der Waals surface area contributed by atoms with Crippen molar-refractivity contribution >= 4 is 11.7 Å². The Morgan fingerprint density at radius 3 is 2.36 bits per heavy atom.